The molecule has 0 N–H and O–H groups in total. The smallest absolute Gasteiger partial charge is 0.383 e. The van der Waals surface area contributed by atoms with Crippen LogP contribution in [0.1, 0.15) is 74.7 Å². The molecular weight excluding hydrogens is 672 g/mol. The van der Waals surface area contributed by atoms with Crippen molar-refractivity contribution in [2.24, 2.45) is 0 Å². The number of hydrogen-bond donors (Lipinski definition) is 0. The first-order valence-electron chi connectivity index (χ1n) is 16.3. The van der Waals surface area contributed by atoms with Gasteiger partial charge >= 0.3 is 35.5 Å². The van der Waals surface area contributed by atoms with Gasteiger partial charge in [0.15, 0.2) is 18.0 Å². The molecule has 3 rings (SSSR count). The van der Waals surface area contributed by atoms with Crippen LogP contribution in [0.25, 0.3) is 11.0 Å². The minimum atomic E-state index is -1.53. The van der Waals surface area contributed by atoms with Gasteiger partial charge in [-0.2, -0.15) is 0 Å². The van der Waals surface area contributed by atoms with Crippen molar-refractivity contribution in [1.82, 2.24) is 0 Å². The van der Waals surface area contributed by atoms with Crippen molar-refractivity contribution in [2.45, 2.75) is 105 Å². The molecule has 0 radical (unpaired) electrons. The van der Waals surface area contributed by atoms with E-state index in [1.807, 2.05) is 26.8 Å². The molecule has 278 valence electrons. The lowest BCUT2D eigenvalue weighted by molar-refractivity contribution is -0.288. The molecule has 1 fully saturated rings. The van der Waals surface area contributed by atoms with E-state index in [1.165, 1.54) is 23.8 Å². The zero-order valence-corrected chi connectivity index (χ0v) is 29.9. The maximum absolute atomic E-state index is 13.1. The second-order valence-corrected chi connectivity index (χ2v) is 11.9. The lowest BCUT2D eigenvalue weighted by atomic mass is 9.98. The molecule has 15 nitrogen and oxygen atoms in total. The standard InChI is InChI=1S/C36H44O15/c1-9-29(41)51-33-30(43-16-15-20(4)12-10-11-19(2)3)26-14-13-25(17-27(26)49-35(33)42)48-36-34(47-24(8)40)32(46-23(7)39)31(45-22(6)38)28(50-36)18-44-21(5)37/h11,13-15,17,28,31-32,34,36H,9-10,12,16,18H2,1-8H3/t28-,31+,32+,34-,36-/m1/s1. The van der Waals surface area contributed by atoms with Crippen LogP contribution in [0.5, 0.6) is 17.2 Å². The fourth-order valence-electron chi connectivity index (χ4n) is 5.00. The van der Waals surface area contributed by atoms with Crippen LogP contribution in [0.4, 0.5) is 0 Å². The molecule has 1 saturated heterocycles. The highest BCUT2D eigenvalue weighted by Crippen LogP contribution is 2.37. The summed E-state index contributed by atoms with van der Waals surface area (Å²) in [6.45, 7) is 11.6. The van der Waals surface area contributed by atoms with Gasteiger partial charge in [0.1, 0.15) is 30.7 Å². The van der Waals surface area contributed by atoms with Crippen LogP contribution >= 0.6 is 0 Å². The molecule has 1 aliphatic heterocycles. The summed E-state index contributed by atoms with van der Waals surface area (Å²) < 4.78 is 50.2. The highest BCUT2D eigenvalue weighted by Gasteiger charge is 2.53. The molecule has 0 unspecified atom stereocenters. The number of hydrogen-bond acceptors (Lipinski definition) is 15. The van der Waals surface area contributed by atoms with E-state index in [0.717, 1.165) is 46.1 Å². The number of benzene rings is 1. The topological polar surface area (TPSA) is 189 Å². The van der Waals surface area contributed by atoms with E-state index in [2.05, 4.69) is 6.08 Å². The van der Waals surface area contributed by atoms with Crippen molar-refractivity contribution in [3.8, 4) is 17.2 Å². The van der Waals surface area contributed by atoms with Crippen molar-refractivity contribution < 1.29 is 66.3 Å². The van der Waals surface area contributed by atoms with Gasteiger partial charge in [-0.25, -0.2) is 4.79 Å². The molecule has 2 heterocycles. The fraction of sp³-hybridized carbons (Fsp3) is 0.500. The van der Waals surface area contributed by atoms with Gasteiger partial charge in [0.2, 0.25) is 12.4 Å². The molecule has 0 spiro atoms. The van der Waals surface area contributed by atoms with Gasteiger partial charge in [0.25, 0.3) is 5.75 Å². The highest BCUT2D eigenvalue weighted by molar-refractivity contribution is 5.88. The van der Waals surface area contributed by atoms with Crippen LogP contribution in [0.15, 0.2) is 50.7 Å². The number of fused-ring (bicyclic) bond motifs is 1. The Kier molecular flexibility index (Phi) is 14.8. The van der Waals surface area contributed by atoms with Gasteiger partial charge in [-0.1, -0.05) is 24.1 Å². The molecule has 5 atom stereocenters. The van der Waals surface area contributed by atoms with Crippen LogP contribution in [0.3, 0.4) is 0 Å². The Labute approximate surface area is 294 Å². The largest absolute Gasteiger partial charge is 0.485 e. The Balaban J connectivity index is 2.05. The van der Waals surface area contributed by atoms with Crippen LogP contribution in [-0.4, -0.2) is 73.8 Å². The molecule has 51 heavy (non-hydrogen) atoms. The van der Waals surface area contributed by atoms with Crippen LogP contribution in [0, 0.1) is 0 Å². The monoisotopic (exact) mass is 716 g/mol. The van der Waals surface area contributed by atoms with Crippen LogP contribution < -0.4 is 19.8 Å². The molecule has 15 heteroatoms. The number of allylic oxidation sites excluding steroid dienone is 3. The summed E-state index contributed by atoms with van der Waals surface area (Å²) in [6, 6.07) is 4.27. The lowest BCUT2D eigenvalue weighted by Gasteiger charge is -2.43. The van der Waals surface area contributed by atoms with Crippen molar-refractivity contribution in [2.75, 3.05) is 13.2 Å². The van der Waals surface area contributed by atoms with Gasteiger partial charge in [-0.05, 0) is 51.8 Å². The van der Waals surface area contributed by atoms with Gasteiger partial charge in [-0.3, -0.25) is 24.0 Å². The Morgan fingerprint density at radius 3 is 2.06 bits per heavy atom. The minimum Gasteiger partial charge on any atom is -0.485 e. The maximum Gasteiger partial charge on any atom is 0.383 e. The summed E-state index contributed by atoms with van der Waals surface area (Å²) in [5.74, 6) is -4.18. The molecule has 1 aromatic carbocycles. The molecule has 0 amide bonds. The van der Waals surface area contributed by atoms with E-state index in [1.54, 1.807) is 6.92 Å². The zero-order valence-electron chi connectivity index (χ0n) is 29.9. The molecule has 2 aromatic rings. The predicted octanol–water partition coefficient (Wildman–Crippen LogP) is 4.64. The Bertz CT molecular complexity index is 1710. The van der Waals surface area contributed by atoms with E-state index >= 15 is 0 Å². The first-order valence-corrected chi connectivity index (χ1v) is 16.3. The van der Waals surface area contributed by atoms with Crippen molar-refractivity contribution in [1.29, 1.82) is 0 Å². The van der Waals surface area contributed by atoms with Gasteiger partial charge in [0, 0.05) is 40.2 Å². The first kappa shape index (κ1) is 40.3. The summed E-state index contributed by atoms with van der Waals surface area (Å²) in [5, 5.41) is 0.262. The number of esters is 5. The van der Waals surface area contributed by atoms with Gasteiger partial charge in [0.05, 0.1) is 5.39 Å². The average molecular weight is 717 g/mol. The molecule has 1 aliphatic rings. The van der Waals surface area contributed by atoms with E-state index in [0.29, 0.717) is 0 Å². The number of ether oxygens (including phenoxy) is 8. The highest BCUT2D eigenvalue weighted by atomic mass is 16.7. The van der Waals surface area contributed by atoms with Gasteiger partial charge < -0.3 is 42.3 Å². The molecule has 0 aliphatic carbocycles. The van der Waals surface area contributed by atoms with Crippen molar-refractivity contribution in [3.05, 3.63) is 51.9 Å². The Morgan fingerprint density at radius 2 is 1.45 bits per heavy atom. The molecular formula is C36H44O15. The van der Waals surface area contributed by atoms with Crippen molar-refractivity contribution >= 4 is 40.8 Å². The summed E-state index contributed by atoms with van der Waals surface area (Å²) in [6.07, 6.45) is -1.49. The molecule has 1 aromatic heterocycles. The number of rotatable bonds is 15. The third-order valence-electron chi connectivity index (χ3n) is 7.25. The summed E-state index contributed by atoms with van der Waals surface area (Å²) >= 11 is 0. The molecule has 0 saturated carbocycles. The lowest BCUT2D eigenvalue weighted by Crippen LogP contribution is -2.63. The van der Waals surface area contributed by atoms with E-state index in [-0.39, 0.29) is 35.5 Å². The molecule has 0 bridgehead atoms. The zero-order chi connectivity index (χ0) is 37.8. The second-order valence-electron chi connectivity index (χ2n) is 11.9. The second kappa shape index (κ2) is 18.7. The number of carbonyl (C=O) groups is 5. The average Bonchev–Trinajstić information content (AvgIpc) is 3.03. The first-order chi connectivity index (χ1) is 24.1. The maximum atomic E-state index is 13.1. The fourth-order valence-corrected chi connectivity index (χ4v) is 5.00. The predicted molar refractivity (Wildman–Crippen MR) is 179 cm³/mol. The summed E-state index contributed by atoms with van der Waals surface area (Å²) in [5.41, 5.74) is 1.24. The van der Waals surface area contributed by atoms with E-state index in [9.17, 15) is 28.8 Å². The minimum absolute atomic E-state index is 0.0109. The number of carbonyl (C=O) groups excluding carboxylic acids is 5. The van der Waals surface area contributed by atoms with Crippen molar-refractivity contribution in [3.63, 3.8) is 0 Å². The third kappa shape index (κ3) is 12.0. The van der Waals surface area contributed by atoms with E-state index < -0.39 is 78.5 Å². The summed E-state index contributed by atoms with van der Waals surface area (Å²) in [4.78, 5) is 73.4. The van der Waals surface area contributed by atoms with Crippen LogP contribution in [-0.2, 0) is 47.7 Å². The Hall–Kier alpha value is -5.18. The normalized spacial score (nSPS) is 20.1. The van der Waals surface area contributed by atoms with Crippen LogP contribution in [0.2, 0.25) is 0 Å². The van der Waals surface area contributed by atoms with E-state index in [4.69, 9.17) is 42.3 Å². The quantitative estimate of drug-likeness (QED) is 0.107. The van der Waals surface area contributed by atoms with Gasteiger partial charge in [-0.15, -0.1) is 0 Å². The Morgan fingerprint density at radius 1 is 0.804 bits per heavy atom. The third-order valence-corrected chi connectivity index (χ3v) is 7.25. The summed E-state index contributed by atoms with van der Waals surface area (Å²) in [7, 11) is 0. The SMILES string of the molecule is CCC(=O)Oc1c(OCC=C(C)CCC=C(C)C)c2ccc(O[C@@H]3O[C@H](COC(C)=O)[C@H](OC(C)=O)[C@H](OC(C)=O)[C@H]3OC(C)=O)cc2oc1=O.